The van der Waals surface area contributed by atoms with Crippen LogP contribution in [0.3, 0.4) is 0 Å². The SMILES string of the molecule is CC(C)c1csc2cc(CC(C)c3cc4ccccc4s3)ccc12. The summed E-state index contributed by atoms with van der Waals surface area (Å²) in [6.45, 7) is 6.90. The van der Waals surface area contributed by atoms with Crippen LogP contribution in [0.5, 0.6) is 0 Å². The summed E-state index contributed by atoms with van der Waals surface area (Å²) in [4.78, 5) is 1.49. The van der Waals surface area contributed by atoms with Crippen molar-refractivity contribution in [1.82, 2.24) is 0 Å². The van der Waals surface area contributed by atoms with E-state index in [4.69, 9.17) is 0 Å². The molecule has 0 aliphatic rings. The average molecular weight is 351 g/mol. The molecule has 0 N–H and O–H groups in total. The second kappa shape index (κ2) is 6.34. The first-order valence-electron chi connectivity index (χ1n) is 8.60. The number of fused-ring (bicyclic) bond motifs is 2. The first-order valence-corrected chi connectivity index (χ1v) is 10.3. The molecule has 0 aliphatic heterocycles. The fraction of sp³-hybridized carbons (Fsp3) is 0.273. The van der Waals surface area contributed by atoms with Crippen LogP contribution in [0.4, 0.5) is 0 Å². The van der Waals surface area contributed by atoms with E-state index in [1.54, 1.807) is 0 Å². The molecule has 0 saturated carbocycles. The predicted octanol–water partition coefficient (Wildman–Crippen LogP) is 7.59. The second-order valence-electron chi connectivity index (χ2n) is 6.97. The van der Waals surface area contributed by atoms with Crippen molar-refractivity contribution >= 4 is 42.8 Å². The summed E-state index contributed by atoms with van der Waals surface area (Å²) in [5.74, 6) is 1.16. The van der Waals surface area contributed by atoms with E-state index < -0.39 is 0 Å². The lowest BCUT2D eigenvalue weighted by molar-refractivity contribution is 0.776. The van der Waals surface area contributed by atoms with E-state index >= 15 is 0 Å². The zero-order valence-electron chi connectivity index (χ0n) is 14.4. The molecular weight excluding hydrogens is 328 g/mol. The highest BCUT2D eigenvalue weighted by Gasteiger charge is 2.12. The van der Waals surface area contributed by atoms with Crippen molar-refractivity contribution in [2.75, 3.05) is 0 Å². The largest absolute Gasteiger partial charge is 0.144 e. The summed E-state index contributed by atoms with van der Waals surface area (Å²) in [5, 5.41) is 5.14. The number of hydrogen-bond acceptors (Lipinski definition) is 2. The van der Waals surface area contributed by atoms with Crippen LogP contribution >= 0.6 is 22.7 Å². The Balaban J connectivity index is 1.61. The summed E-state index contributed by atoms with van der Waals surface area (Å²) in [6.07, 6.45) is 1.11. The van der Waals surface area contributed by atoms with Gasteiger partial charge in [0.2, 0.25) is 0 Å². The van der Waals surface area contributed by atoms with Crippen molar-refractivity contribution in [2.24, 2.45) is 0 Å². The minimum atomic E-state index is 0.560. The van der Waals surface area contributed by atoms with Gasteiger partial charge in [0.15, 0.2) is 0 Å². The van der Waals surface area contributed by atoms with E-state index in [-0.39, 0.29) is 0 Å². The Morgan fingerprint density at radius 2 is 1.75 bits per heavy atom. The number of rotatable bonds is 4. The van der Waals surface area contributed by atoms with Gasteiger partial charge in [-0.2, -0.15) is 0 Å². The predicted molar refractivity (Wildman–Crippen MR) is 110 cm³/mol. The molecule has 0 aliphatic carbocycles. The molecule has 1 unspecified atom stereocenters. The van der Waals surface area contributed by atoms with Gasteiger partial charge in [0.05, 0.1) is 0 Å². The van der Waals surface area contributed by atoms with Gasteiger partial charge in [0, 0.05) is 14.3 Å². The van der Waals surface area contributed by atoms with Crippen molar-refractivity contribution in [3.05, 3.63) is 69.9 Å². The average Bonchev–Trinajstić information content (AvgIpc) is 3.18. The van der Waals surface area contributed by atoms with Gasteiger partial charge in [-0.05, 0) is 63.7 Å². The van der Waals surface area contributed by atoms with Crippen LogP contribution in [0.2, 0.25) is 0 Å². The van der Waals surface area contributed by atoms with Crippen LogP contribution < -0.4 is 0 Å². The molecule has 122 valence electrons. The number of thiophene rings is 2. The highest BCUT2D eigenvalue weighted by atomic mass is 32.1. The van der Waals surface area contributed by atoms with Gasteiger partial charge >= 0.3 is 0 Å². The molecule has 1 atom stereocenters. The summed E-state index contributed by atoms with van der Waals surface area (Å²) in [7, 11) is 0. The van der Waals surface area contributed by atoms with Gasteiger partial charge in [-0.15, -0.1) is 22.7 Å². The molecule has 0 bridgehead atoms. The normalized spacial score (nSPS) is 13.2. The molecule has 2 heterocycles. The molecular formula is C22H22S2. The number of benzene rings is 2. The zero-order valence-corrected chi connectivity index (χ0v) is 16.0. The molecule has 0 spiro atoms. The van der Waals surface area contributed by atoms with Crippen LogP contribution in [-0.4, -0.2) is 0 Å². The molecule has 0 radical (unpaired) electrons. The molecule has 2 aromatic carbocycles. The molecule has 2 aromatic heterocycles. The minimum Gasteiger partial charge on any atom is -0.144 e. The third-order valence-electron chi connectivity index (χ3n) is 4.76. The molecule has 0 nitrogen and oxygen atoms in total. The fourth-order valence-electron chi connectivity index (χ4n) is 3.37. The topological polar surface area (TPSA) is 0 Å². The summed E-state index contributed by atoms with van der Waals surface area (Å²) < 4.78 is 2.83. The van der Waals surface area contributed by atoms with Gasteiger partial charge in [-0.3, -0.25) is 0 Å². The van der Waals surface area contributed by atoms with Crippen molar-refractivity contribution in [3.8, 4) is 0 Å². The maximum Gasteiger partial charge on any atom is 0.0348 e. The molecule has 2 heteroatoms. The van der Waals surface area contributed by atoms with Crippen molar-refractivity contribution in [1.29, 1.82) is 0 Å². The maximum atomic E-state index is 2.40. The Labute approximate surface area is 151 Å². The van der Waals surface area contributed by atoms with E-state index in [1.807, 2.05) is 22.7 Å². The Bertz CT molecular complexity index is 954. The lowest BCUT2D eigenvalue weighted by Crippen LogP contribution is -1.95. The first kappa shape index (κ1) is 15.9. The van der Waals surface area contributed by atoms with Crippen molar-refractivity contribution in [2.45, 2.75) is 39.0 Å². The molecule has 4 rings (SSSR count). The van der Waals surface area contributed by atoms with Crippen LogP contribution in [0, 0.1) is 0 Å². The molecule has 0 amide bonds. The molecule has 4 aromatic rings. The highest BCUT2D eigenvalue weighted by Crippen LogP contribution is 2.35. The summed E-state index contributed by atoms with van der Waals surface area (Å²) in [6, 6.07) is 18.1. The van der Waals surface area contributed by atoms with Crippen molar-refractivity contribution in [3.63, 3.8) is 0 Å². The Morgan fingerprint density at radius 3 is 2.54 bits per heavy atom. The van der Waals surface area contributed by atoms with E-state index in [1.165, 1.54) is 36.2 Å². The molecule has 0 fully saturated rings. The van der Waals surface area contributed by atoms with Gasteiger partial charge in [0.1, 0.15) is 0 Å². The molecule has 24 heavy (non-hydrogen) atoms. The monoisotopic (exact) mass is 350 g/mol. The maximum absolute atomic E-state index is 2.40. The smallest absolute Gasteiger partial charge is 0.0348 e. The second-order valence-corrected chi connectivity index (χ2v) is 8.99. The zero-order chi connectivity index (χ0) is 16.7. The van der Waals surface area contributed by atoms with Crippen LogP contribution in [0.25, 0.3) is 20.2 Å². The lowest BCUT2D eigenvalue weighted by atomic mass is 9.97. The standard InChI is InChI=1S/C22H22S2/c1-14(2)19-13-23-22-11-16(8-9-18(19)22)10-15(3)21-12-17-6-4-5-7-20(17)24-21/h4-9,11-15H,10H2,1-3H3. The van der Waals surface area contributed by atoms with E-state index in [2.05, 4.69) is 74.7 Å². The summed E-state index contributed by atoms with van der Waals surface area (Å²) in [5.41, 5.74) is 2.93. The van der Waals surface area contributed by atoms with Gasteiger partial charge in [0.25, 0.3) is 0 Å². The van der Waals surface area contributed by atoms with Gasteiger partial charge in [-0.25, -0.2) is 0 Å². The van der Waals surface area contributed by atoms with E-state index in [0.29, 0.717) is 11.8 Å². The molecule has 0 saturated heterocycles. The first-order chi connectivity index (χ1) is 11.6. The van der Waals surface area contributed by atoms with Gasteiger partial charge in [-0.1, -0.05) is 51.1 Å². The third kappa shape index (κ3) is 2.89. The quantitative estimate of drug-likeness (QED) is 0.356. The fourth-order valence-corrected chi connectivity index (χ4v) is 5.67. The minimum absolute atomic E-state index is 0.560. The highest BCUT2D eigenvalue weighted by molar-refractivity contribution is 7.19. The van der Waals surface area contributed by atoms with E-state index in [9.17, 15) is 0 Å². The summed E-state index contributed by atoms with van der Waals surface area (Å²) >= 11 is 3.82. The lowest BCUT2D eigenvalue weighted by Gasteiger charge is -2.10. The van der Waals surface area contributed by atoms with Gasteiger partial charge < -0.3 is 0 Å². The number of hydrogen-bond donors (Lipinski definition) is 0. The van der Waals surface area contributed by atoms with Crippen LogP contribution in [-0.2, 0) is 6.42 Å². The van der Waals surface area contributed by atoms with Crippen molar-refractivity contribution < 1.29 is 0 Å². The Morgan fingerprint density at radius 1 is 0.917 bits per heavy atom. The van der Waals surface area contributed by atoms with Crippen LogP contribution in [0.15, 0.2) is 53.9 Å². The Hall–Kier alpha value is -1.64. The Kier molecular flexibility index (Phi) is 4.19. The van der Waals surface area contributed by atoms with E-state index in [0.717, 1.165) is 6.42 Å². The van der Waals surface area contributed by atoms with Crippen LogP contribution in [0.1, 0.15) is 48.6 Å². The third-order valence-corrected chi connectivity index (χ3v) is 7.08.